The minimum Gasteiger partial charge on any atom is -0.469 e. The average Bonchev–Trinajstić information content (AvgIpc) is 3.57. The highest BCUT2D eigenvalue weighted by Gasteiger charge is 2.48. The number of carbonyl (C=O) groups excluding carboxylic acids is 5. The number of fused-ring (bicyclic) bond motifs is 6. The van der Waals surface area contributed by atoms with Crippen molar-refractivity contribution in [2.75, 3.05) is 28.4 Å². The number of allylic oxidation sites excluding steroid dienone is 17. The fraction of sp³-hybridized carbons (Fsp3) is 0.361. The molecular weight excluding hydrogens is 576 g/mol. The molecule has 8 atom stereocenters. The molecule has 0 bridgehead atoms. The van der Waals surface area contributed by atoms with Crippen LogP contribution < -0.4 is 0 Å². The van der Waals surface area contributed by atoms with Crippen molar-refractivity contribution in [1.82, 2.24) is 0 Å². The standard InChI is InChI=1S/C18H18O4.C13H12O.C5H8O4/c1-21-17(19)16(18(20)22-2)15-13-9-5-3-7-11(13)12-8-4-6-10-14(12)15;14-13-11-7-3-1-5-9(11)10-6-2-4-8-12(10)13;1-8-4(6)3-5(7)9-2/h3-14H,1-2H3;1-12H;3H2,1-2H3. The molecule has 2 fully saturated rings. The van der Waals surface area contributed by atoms with E-state index in [1.807, 2.05) is 60.8 Å². The van der Waals surface area contributed by atoms with Gasteiger partial charge in [0.15, 0.2) is 0 Å². The Kier molecular flexibility index (Phi) is 11.2. The minimum atomic E-state index is -0.632. The lowest BCUT2D eigenvalue weighted by Gasteiger charge is -2.21. The molecule has 6 aliphatic carbocycles. The van der Waals surface area contributed by atoms with Crippen LogP contribution in [-0.4, -0.2) is 58.1 Å². The van der Waals surface area contributed by atoms with Gasteiger partial charge in [-0.15, -0.1) is 0 Å². The molecule has 0 aromatic carbocycles. The van der Waals surface area contributed by atoms with E-state index in [9.17, 15) is 24.0 Å². The monoisotopic (exact) mass is 614 g/mol. The fourth-order valence-electron chi connectivity index (χ4n) is 6.72. The third-order valence-corrected chi connectivity index (χ3v) is 8.79. The fourth-order valence-corrected chi connectivity index (χ4v) is 6.72. The first-order chi connectivity index (χ1) is 21.8. The quantitative estimate of drug-likeness (QED) is 0.149. The van der Waals surface area contributed by atoms with Crippen LogP contribution in [0.3, 0.4) is 0 Å². The third kappa shape index (κ3) is 7.14. The number of Topliss-reactive ketones (excluding diaryl/α,β-unsaturated/α-hetero) is 1. The van der Waals surface area contributed by atoms with Crippen molar-refractivity contribution in [2.45, 2.75) is 6.42 Å². The van der Waals surface area contributed by atoms with Crippen molar-refractivity contribution in [2.24, 2.45) is 47.3 Å². The molecule has 2 saturated carbocycles. The molecule has 9 nitrogen and oxygen atoms in total. The number of ketones is 1. The summed E-state index contributed by atoms with van der Waals surface area (Å²) in [6, 6.07) is 0. The Bertz CT molecular complexity index is 1360. The Balaban J connectivity index is 0.000000171. The summed E-state index contributed by atoms with van der Waals surface area (Å²) in [5.74, 6) is -0.460. The molecule has 45 heavy (non-hydrogen) atoms. The molecular formula is C36H38O9. The maximum Gasteiger partial charge on any atom is 0.345 e. The maximum absolute atomic E-state index is 12.2. The van der Waals surface area contributed by atoms with Gasteiger partial charge in [-0.1, -0.05) is 97.2 Å². The van der Waals surface area contributed by atoms with Crippen LogP contribution >= 0.6 is 0 Å². The van der Waals surface area contributed by atoms with Crippen LogP contribution in [0.2, 0.25) is 0 Å². The van der Waals surface area contributed by atoms with E-state index < -0.39 is 23.9 Å². The number of esters is 4. The summed E-state index contributed by atoms with van der Waals surface area (Å²) in [6.45, 7) is 0. The highest BCUT2D eigenvalue weighted by atomic mass is 16.5. The van der Waals surface area contributed by atoms with Crippen molar-refractivity contribution < 1.29 is 42.9 Å². The Morgan fingerprint density at radius 2 is 0.800 bits per heavy atom. The van der Waals surface area contributed by atoms with E-state index in [0.717, 1.165) is 5.57 Å². The second-order valence-electron chi connectivity index (χ2n) is 11.0. The molecule has 236 valence electrons. The van der Waals surface area contributed by atoms with Gasteiger partial charge in [0, 0.05) is 23.7 Å². The van der Waals surface area contributed by atoms with Crippen LogP contribution in [0.4, 0.5) is 0 Å². The first kappa shape index (κ1) is 33.1. The molecule has 0 aromatic rings. The SMILES string of the molecule is COC(=O)C(C(=O)OC)=C1C2C=CC=CC2C2C=CC=CC12.COC(=O)CC(=O)OC.O=C1C2C=CC=CC2C2C=CC=CC12. The molecule has 0 N–H and O–H groups in total. The zero-order valence-electron chi connectivity index (χ0n) is 25.7. The zero-order chi connectivity index (χ0) is 32.5. The Morgan fingerprint density at radius 3 is 1.13 bits per heavy atom. The van der Waals surface area contributed by atoms with E-state index in [2.05, 4.69) is 45.9 Å². The second-order valence-corrected chi connectivity index (χ2v) is 11.0. The first-order valence-electron chi connectivity index (χ1n) is 14.7. The van der Waals surface area contributed by atoms with Crippen molar-refractivity contribution in [3.63, 3.8) is 0 Å². The molecule has 0 radical (unpaired) electrons. The molecule has 0 saturated heterocycles. The van der Waals surface area contributed by atoms with E-state index in [1.165, 1.54) is 28.4 Å². The van der Waals surface area contributed by atoms with E-state index >= 15 is 0 Å². The summed E-state index contributed by atoms with van der Waals surface area (Å²) in [5.41, 5.74) is 0.835. The summed E-state index contributed by atoms with van der Waals surface area (Å²) in [5, 5.41) is 0. The van der Waals surface area contributed by atoms with Gasteiger partial charge >= 0.3 is 23.9 Å². The lowest BCUT2D eigenvalue weighted by molar-refractivity contribution is -0.151. The number of carbonyl (C=O) groups is 5. The van der Waals surface area contributed by atoms with Crippen molar-refractivity contribution in [1.29, 1.82) is 0 Å². The molecule has 9 heteroatoms. The van der Waals surface area contributed by atoms with Crippen LogP contribution in [0.1, 0.15) is 6.42 Å². The van der Waals surface area contributed by atoms with E-state index in [1.54, 1.807) is 0 Å². The molecule has 0 spiro atoms. The molecule has 6 rings (SSSR count). The highest BCUT2D eigenvalue weighted by molar-refractivity contribution is 6.15. The molecule has 6 aliphatic rings. The topological polar surface area (TPSA) is 122 Å². The van der Waals surface area contributed by atoms with Gasteiger partial charge in [-0.25, -0.2) is 9.59 Å². The summed E-state index contributed by atoms with van der Waals surface area (Å²) in [6.07, 6.45) is 32.6. The van der Waals surface area contributed by atoms with Crippen LogP contribution in [-0.2, 0) is 42.9 Å². The third-order valence-electron chi connectivity index (χ3n) is 8.79. The first-order valence-corrected chi connectivity index (χ1v) is 14.7. The van der Waals surface area contributed by atoms with Crippen molar-refractivity contribution in [3.05, 3.63) is 108 Å². The van der Waals surface area contributed by atoms with Crippen LogP contribution in [0.15, 0.2) is 108 Å². The van der Waals surface area contributed by atoms with E-state index in [0.29, 0.717) is 17.6 Å². The number of ether oxygens (including phenoxy) is 4. The number of hydrogen-bond acceptors (Lipinski definition) is 9. The summed E-state index contributed by atoms with van der Waals surface area (Å²) in [4.78, 5) is 56.9. The highest BCUT2D eigenvalue weighted by Crippen LogP contribution is 2.52. The second kappa shape index (κ2) is 15.3. The van der Waals surface area contributed by atoms with Gasteiger partial charge in [0.05, 0.1) is 28.4 Å². The van der Waals surface area contributed by atoms with E-state index in [-0.39, 0.29) is 47.5 Å². The van der Waals surface area contributed by atoms with Crippen LogP contribution in [0, 0.1) is 47.3 Å². The van der Waals surface area contributed by atoms with Gasteiger partial charge < -0.3 is 18.9 Å². The van der Waals surface area contributed by atoms with Crippen molar-refractivity contribution >= 4 is 29.7 Å². The molecule has 0 amide bonds. The Hall–Kier alpha value is -4.79. The molecule has 0 heterocycles. The summed E-state index contributed by atoms with van der Waals surface area (Å²) in [7, 11) is 4.99. The lowest BCUT2D eigenvalue weighted by atomic mass is 9.83. The van der Waals surface area contributed by atoms with Crippen LogP contribution in [0.25, 0.3) is 0 Å². The Morgan fingerprint density at radius 1 is 0.489 bits per heavy atom. The summed E-state index contributed by atoms with van der Waals surface area (Å²) < 4.78 is 18.0. The molecule has 0 aliphatic heterocycles. The number of hydrogen-bond donors (Lipinski definition) is 0. The van der Waals surface area contributed by atoms with Gasteiger partial charge in [-0.3, -0.25) is 14.4 Å². The largest absolute Gasteiger partial charge is 0.469 e. The van der Waals surface area contributed by atoms with E-state index in [4.69, 9.17) is 9.47 Å². The predicted octanol–water partition coefficient (Wildman–Crippen LogP) is 4.37. The number of methoxy groups -OCH3 is 4. The molecule has 8 unspecified atom stereocenters. The smallest absolute Gasteiger partial charge is 0.345 e. The number of rotatable bonds is 4. The zero-order valence-corrected chi connectivity index (χ0v) is 25.7. The van der Waals surface area contributed by atoms with Gasteiger partial charge in [0.25, 0.3) is 0 Å². The lowest BCUT2D eigenvalue weighted by Crippen LogP contribution is -2.22. The van der Waals surface area contributed by atoms with Gasteiger partial charge in [-0.05, 0) is 29.2 Å². The Labute approximate surface area is 263 Å². The van der Waals surface area contributed by atoms with Crippen molar-refractivity contribution in [3.8, 4) is 0 Å². The average molecular weight is 615 g/mol. The minimum absolute atomic E-state index is 0.0144. The van der Waals surface area contributed by atoms with Gasteiger partial charge in [0.2, 0.25) is 0 Å². The summed E-state index contributed by atoms with van der Waals surface area (Å²) >= 11 is 0. The van der Waals surface area contributed by atoms with Gasteiger partial charge in [0.1, 0.15) is 17.8 Å². The molecule has 0 aromatic heterocycles. The normalized spacial score (nSPS) is 30.0. The predicted molar refractivity (Wildman–Crippen MR) is 166 cm³/mol. The van der Waals surface area contributed by atoms with Crippen LogP contribution in [0.5, 0.6) is 0 Å². The van der Waals surface area contributed by atoms with Gasteiger partial charge in [-0.2, -0.15) is 0 Å². The maximum atomic E-state index is 12.2.